The first kappa shape index (κ1) is 25.1. The van der Waals surface area contributed by atoms with Gasteiger partial charge in [0.25, 0.3) is 5.43 Å². The quantitative estimate of drug-likeness (QED) is 0.523. The van der Waals surface area contributed by atoms with Gasteiger partial charge in [0.1, 0.15) is 11.2 Å². The lowest BCUT2D eigenvalue weighted by Gasteiger charge is -2.36. The van der Waals surface area contributed by atoms with Crippen LogP contribution in [0.25, 0.3) is 0 Å². The fourth-order valence-electron chi connectivity index (χ4n) is 2.70. The molecule has 9 nitrogen and oxygen atoms in total. The minimum absolute atomic E-state index is 0.213. The number of carbonyl (C=O) groups is 2. The topological polar surface area (TPSA) is 132 Å². The zero-order valence-electron chi connectivity index (χ0n) is 18.8. The van der Waals surface area contributed by atoms with Crippen molar-refractivity contribution >= 4 is 12.1 Å². The van der Waals surface area contributed by atoms with Crippen LogP contribution in [0.3, 0.4) is 0 Å². The Kier molecular flexibility index (Phi) is 7.43. The molecule has 0 aromatic heterocycles. The summed E-state index contributed by atoms with van der Waals surface area (Å²) in [5.74, 6) is -1.31. The molecule has 1 N–H and O–H groups in total. The molecule has 1 amide bonds. The minimum Gasteiger partial charge on any atom is -0.486 e. The fourth-order valence-corrected chi connectivity index (χ4v) is 2.70. The molecule has 1 rings (SSSR count). The van der Waals surface area contributed by atoms with Crippen molar-refractivity contribution in [3.63, 3.8) is 0 Å². The molecular formula is C21H30N2O7. The molecule has 9 heteroatoms. The lowest BCUT2D eigenvalue weighted by atomic mass is 9.81. The van der Waals surface area contributed by atoms with Crippen LogP contribution in [0.2, 0.25) is 0 Å². The molecule has 0 saturated carbocycles. The standard InChI is InChI=1S/C21H30N2O7/c1-12(2)28-16-13(14(24)15(16)25)21(10-9-11-22,17(26)29-19(3,4)5)23-18(27)30-20(6,7)8/h12H,9-10H2,1-8H3,(H,23,27). The number of hydrogen-bond acceptors (Lipinski definition) is 8. The summed E-state index contributed by atoms with van der Waals surface area (Å²) in [5, 5.41) is 11.5. The molecule has 0 spiro atoms. The highest BCUT2D eigenvalue weighted by molar-refractivity contribution is 5.89. The average Bonchev–Trinajstić information content (AvgIpc) is 2.54. The highest BCUT2D eigenvalue weighted by atomic mass is 16.6. The van der Waals surface area contributed by atoms with Crippen LogP contribution >= 0.6 is 0 Å². The van der Waals surface area contributed by atoms with E-state index in [9.17, 15) is 19.2 Å². The Hall–Kier alpha value is -2.89. The average molecular weight is 422 g/mol. The molecule has 1 aromatic carbocycles. The van der Waals surface area contributed by atoms with E-state index in [1.807, 2.05) is 6.07 Å². The van der Waals surface area contributed by atoms with Crippen LogP contribution in [0.4, 0.5) is 4.79 Å². The van der Waals surface area contributed by atoms with Crippen LogP contribution in [-0.4, -0.2) is 29.4 Å². The molecule has 0 radical (unpaired) electrons. The Morgan fingerprint density at radius 2 is 1.53 bits per heavy atom. The Morgan fingerprint density at radius 1 is 1.00 bits per heavy atom. The van der Waals surface area contributed by atoms with Gasteiger partial charge in [-0.05, 0) is 61.8 Å². The van der Waals surface area contributed by atoms with Gasteiger partial charge in [0.05, 0.1) is 17.7 Å². The Balaban J connectivity index is 3.67. The lowest BCUT2D eigenvalue weighted by Crippen LogP contribution is -2.60. The summed E-state index contributed by atoms with van der Waals surface area (Å²) >= 11 is 0. The molecule has 1 unspecified atom stereocenters. The van der Waals surface area contributed by atoms with Crippen molar-refractivity contribution in [2.75, 3.05) is 0 Å². The van der Waals surface area contributed by atoms with Crippen LogP contribution < -0.4 is 20.9 Å². The third-order valence-electron chi connectivity index (χ3n) is 3.72. The van der Waals surface area contributed by atoms with E-state index < -0.39 is 45.8 Å². The Labute approximate surface area is 176 Å². The van der Waals surface area contributed by atoms with Crippen LogP contribution in [-0.2, 0) is 19.8 Å². The van der Waals surface area contributed by atoms with Crippen molar-refractivity contribution in [2.24, 2.45) is 0 Å². The number of nitrogens with one attached hydrogen (secondary N) is 1. The largest absolute Gasteiger partial charge is 0.486 e. The second kappa shape index (κ2) is 8.86. The maximum absolute atomic E-state index is 13.3. The van der Waals surface area contributed by atoms with Crippen LogP contribution in [0, 0.1) is 11.3 Å². The minimum atomic E-state index is -2.11. The number of nitriles is 1. The van der Waals surface area contributed by atoms with Crippen molar-refractivity contribution in [1.82, 2.24) is 5.32 Å². The molecule has 0 fully saturated rings. The number of esters is 1. The van der Waals surface area contributed by atoms with Crippen molar-refractivity contribution < 1.29 is 23.8 Å². The smallest absolute Gasteiger partial charge is 0.408 e. The second-order valence-corrected chi connectivity index (χ2v) is 9.22. The summed E-state index contributed by atoms with van der Waals surface area (Å²) in [6.07, 6.45) is -2.00. The van der Waals surface area contributed by atoms with Crippen molar-refractivity contribution in [1.29, 1.82) is 5.26 Å². The SMILES string of the molecule is CC(C)Oc1c(C(CCC#N)(NC(=O)OC(C)(C)C)C(=O)OC(C)(C)C)c(=O)c1=O. The van der Waals surface area contributed by atoms with Crippen LogP contribution in [0.15, 0.2) is 9.59 Å². The first-order chi connectivity index (χ1) is 13.5. The summed E-state index contributed by atoms with van der Waals surface area (Å²) in [5.41, 5.74) is -6.21. The number of carbonyl (C=O) groups excluding carboxylic acids is 2. The molecule has 0 saturated heterocycles. The second-order valence-electron chi connectivity index (χ2n) is 9.22. The van der Waals surface area contributed by atoms with Gasteiger partial charge in [0.15, 0.2) is 11.3 Å². The molecule has 0 heterocycles. The van der Waals surface area contributed by atoms with Crippen LogP contribution in [0.5, 0.6) is 5.75 Å². The third kappa shape index (κ3) is 6.05. The van der Waals surface area contributed by atoms with E-state index >= 15 is 0 Å². The number of ether oxygens (including phenoxy) is 3. The van der Waals surface area contributed by atoms with Gasteiger partial charge in [-0.3, -0.25) is 9.59 Å². The van der Waals surface area contributed by atoms with Gasteiger partial charge in [0.2, 0.25) is 5.43 Å². The molecule has 1 aromatic rings. The van der Waals surface area contributed by atoms with Crippen LogP contribution in [0.1, 0.15) is 73.8 Å². The monoisotopic (exact) mass is 422 g/mol. The van der Waals surface area contributed by atoms with E-state index in [0.29, 0.717) is 0 Å². The predicted molar refractivity (Wildman–Crippen MR) is 109 cm³/mol. The summed E-state index contributed by atoms with van der Waals surface area (Å²) < 4.78 is 16.2. The molecule has 30 heavy (non-hydrogen) atoms. The highest BCUT2D eigenvalue weighted by Gasteiger charge is 2.52. The molecule has 0 bridgehead atoms. The van der Waals surface area contributed by atoms with E-state index in [-0.39, 0.29) is 24.2 Å². The maximum atomic E-state index is 13.3. The summed E-state index contributed by atoms with van der Waals surface area (Å²) in [6.45, 7) is 13.0. The molecule has 166 valence electrons. The summed E-state index contributed by atoms with van der Waals surface area (Å²) in [7, 11) is 0. The Bertz CT molecular complexity index is 906. The van der Waals surface area contributed by atoms with Gasteiger partial charge in [-0.2, -0.15) is 5.26 Å². The first-order valence-electron chi connectivity index (χ1n) is 9.66. The number of hydrogen-bond donors (Lipinski definition) is 1. The van der Waals surface area contributed by atoms with E-state index in [2.05, 4.69) is 5.32 Å². The van der Waals surface area contributed by atoms with E-state index in [0.717, 1.165) is 0 Å². The van der Waals surface area contributed by atoms with Gasteiger partial charge in [-0.25, -0.2) is 9.59 Å². The zero-order valence-corrected chi connectivity index (χ0v) is 18.8. The van der Waals surface area contributed by atoms with Gasteiger partial charge < -0.3 is 19.5 Å². The number of rotatable bonds is 7. The van der Waals surface area contributed by atoms with Gasteiger partial charge in [-0.1, -0.05) is 0 Å². The van der Waals surface area contributed by atoms with Crippen molar-refractivity contribution in [3.05, 3.63) is 26.0 Å². The molecule has 0 aliphatic rings. The third-order valence-corrected chi connectivity index (χ3v) is 3.72. The van der Waals surface area contributed by atoms with Gasteiger partial charge >= 0.3 is 12.1 Å². The van der Waals surface area contributed by atoms with Gasteiger partial charge in [0, 0.05) is 6.42 Å². The summed E-state index contributed by atoms with van der Waals surface area (Å²) in [6, 6.07) is 1.89. The highest BCUT2D eigenvalue weighted by Crippen LogP contribution is 2.34. The normalized spacial score (nSPS) is 14.0. The lowest BCUT2D eigenvalue weighted by molar-refractivity contribution is -0.164. The van der Waals surface area contributed by atoms with Gasteiger partial charge in [-0.15, -0.1) is 0 Å². The Morgan fingerprint density at radius 3 is 1.97 bits per heavy atom. The van der Waals surface area contributed by atoms with E-state index in [1.165, 1.54) is 0 Å². The van der Waals surface area contributed by atoms with Crippen molar-refractivity contribution in [2.45, 2.75) is 91.1 Å². The molecular weight excluding hydrogens is 392 g/mol. The maximum Gasteiger partial charge on any atom is 0.408 e. The first-order valence-corrected chi connectivity index (χ1v) is 9.66. The van der Waals surface area contributed by atoms with E-state index in [1.54, 1.807) is 55.4 Å². The number of alkyl carbamates (subject to hydrolysis) is 1. The summed E-state index contributed by atoms with van der Waals surface area (Å²) in [4.78, 5) is 50.5. The predicted octanol–water partition coefficient (Wildman–Crippen LogP) is 2.44. The molecule has 0 aliphatic carbocycles. The molecule has 1 atom stereocenters. The number of amides is 1. The number of nitrogens with zero attached hydrogens (tertiary/aromatic N) is 1. The fraction of sp³-hybridized carbons (Fsp3) is 0.667. The zero-order chi connectivity index (χ0) is 23.5. The molecule has 0 aliphatic heterocycles. The van der Waals surface area contributed by atoms with E-state index in [4.69, 9.17) is 19.5 Å². The van der Waals surface area contributed by atoms with Crippen molar-refractivity contribution in [3.8, 4) is 11.8 Å².